The van der Waals surface area contributed by atoms with Gasteiger partial charge in [0.25, 0.3) is 0 Å². The standard InChI is InChI=1S/C14H8ClNO/c15-13-3-1-2-12(8-13)14(17)11-6-4-10(9-16)5-7-11/h1-8H. The van der Waals surface area contributed by atoms with Crippen molar-refractivity contribution >= 4 is 17.4 Å². The molecule has 0 unspecified atom stereocenters. The van der Waals surface area contributed by atoms with Gasteiger partial charge in [0.15, 0.2) is 5.78 Å². The highest BCUT2D eigenvalue weighted by atomic mass is 35.5. The van der Waals surface area contributed by atoms with E-state index >= 15 is 0 Å². The van der Waals surface area contributed by atoms with E-state index in [1.807, 2.05) is 6.07 Å². The molecule has 3 heteroatoms. The number of nitrogens with zero attached hydrogens (tertiary/aromatic N) is 1. The van der Waals surface area contributed by atoms with E-state index in [0.29, 0.717) is 21.7 Å². The summed E-state index contributed by atoms with van der Waals surface area (Å²) in [5.74, 6) is -0.100. The minimum Gasteiger partial charge on any atom is -0.289 e. The fourth-order valence-electron chi connectivity index (χ4n) is 1.49. The van der Waals surface area contributed by atoms with E-state index in [-0.39, 0.29) is 5.78 Å². The molecule has 2 rings (SSSR count). The van der Waals surface area contributed by atoms with Gasteiger partial charge in [-0.25, -0.2) is 0 Å². The summed E-state index contributed by atoms with van der Waals surface area (Å²) in [6.07, 6.45) is 0. The number of rotatable bonds is 2. The Labute approximate surface area is 104 Å². The molecule has 0 aromatic heterocycles. The number of nitriles is 1. The monoisotopic (exact) mass is 241 g/mol. The Hall–Kier alpha value is -2.11. The third-order valence-electron chi connectivity index (χ3n) is 2.36. The minimum absolute atomic E-state index is 0.100. The van der Waals surface area contributed by atoms with Gasteiger partial charge in [-0.3, -0.25) is 4.79 Å². The molecule has 2 aromatic carbocycles. The van der Waals surface area contributed by atoms with Crippen LogP contribution in [0.15, 0.2) is 48.5 Å². The summed E-state index contributed by atoms with van der Waals surface area (Å²) in [5, 5.41) is 9.20. The van der Waals surface area contributed by atoms with Gasteiger partial charge in [-0.05, 0) is 36.4 Å². The maximum absolute atomic E-state index is 12.1. The molecule has 0 heterocycles. The number of hydrogen-bond acceptors (Lipinski definition) is 2. The fraction of sp³-hybridized carbons (Fsp3) is 0. The van der Waals surface area contributed by atoms with Gasteiger partial charge in [-0.1, -0.05) is 23.7 Å². The van der Waals surface area contributed by atoms with Crippen molar-refractivity contribution in [3.63, 3.8) is 0 Å². The first-order valence-corrected chi connectivity index (χ1v) is 5.39. The zero-order valence-corrected chi connectivity index (χ0v) is 9.61. The molecule has 0 spiro atoms. The van der Waals surface area contributed by atoms with Crippen molar-refractivity contribution < 1.29 is 4.79 Å². The van der Waals surface area contributed by atoms with Crippen LogP contribution in [-0.2, 0) is 0 Å². The zero-order valence-electron chi connectivity index (χ0n) is 8.85. The fourth-order valence-corrected chi connectivity index (χ4v) is 1.68. The van der Waals surface area contributed by atoms with E-state index in [0.717, 1.165) is 0 Å². The third kappa shape index (κ3) is 2.52. The lowest BCUT2D eigenvalue weighted by molar-refractivity contribution is 0.103. The molecule has 2 nitrogen and oxygen atoms in total. The summed E-state index contributed by atoms with van der Waals surface area (Å²) in [6, 6.07) is 15.3. The summed E-state index contributed by atoms with van der Waals surface area (Å²) in [7, 11) is 0. The van der Waals surface area contributed by atoms with Crippen molar-refractivity contribution in [2.75, 3.05) is 0 Å². The molecule has 0 N–H and O–H groups in total. The predicted molar refractivity (Wildman–Crippen MR) is 66.0 cm³/mol. The Morgan fingerprint density at radius 3 is 2.35 bits per heavy atom. The number of halogens is 1. The van der Waals surface area contributed by atoms with Crippen molar-refractivity contribution in [1.82, 2.24) is 0 Å². The van der Waals surface area contributed by atoms with Crippen molar-refractivity contribution in [3.8, 4) is 6.07 Å². The molecule has 2 aromatic rings. The topological polar surface area (TPSA) is 40.9 Å². The van der Waals surface area contributed by atoms with Gasteiger partial charge in [-0.2, -0.15) is 5.26 Å². The van der Waals surface area contributed by atoms with Gasteiger partial charge in [0, 0.05) is 16.1 Å². The second-order valence-electron chi connectivity index (χ2n) is 3.53. The molecule has 0 amide bonds. The van der Waals surface area contributed by atoms with Crippen LogP contribution in [0.5, 0.6) is 0 Å². The van der Waals surface area contributed by atoms with Gasteiger partial charge >= 0.3 is 0 Å². The molecule has 0 atom stereocenters. The van der Waals surface area contributed by atoms with Crippen LogP contribution >= 0.6 is 11.6 Å². The van der Waals surface area contributed by atoms with Crippen LogP contribution in [-0.4, -0.2) is 5.78 Å². The molecule has 0 fully saturated rings. The van der Waals surface area contributed by atoms with Crippen LogP contribution in [0, 0.1) is 11.3 Å². The smallest absolute Gasteiger partial charge is 0.193 e. The summed E-state index contributed by atoms with van der Waals surface area (Å²) < 4.78 is 0. The predicted octanol–water partition coefficient (Wildman–Crippen LogP) is 3.44. The zero-order chi connectivity index (χ0) is 12.3. The highest BCUT2D eigenvalue weighted by Crippen LogP contribution is 2.15. The summed E-state index contributed by atoms with van der Waals surface area (Å²) in [5.41, 5.74) is 1.63. The lowest BCUT2D eigenvalue weighted by Crippen LogP contribution is -2.00. The first-order valence-electron chi connectivity index (χ1n) is 5.01. The second kappa shape index (κ2) is 4.82. The molecule has 0 aliphatic heterocycles. The molecule has 0 saturated carbocycles. The first kappa shape index (κ1) is 11.4. The van der Waals surface area contributed by atoms with Crippen LogP contribution in [0.4, 0.5) is 0 Å². The van der Waals surface area contributed by atoms with Crippen molar-refractivity contribution in [1.29, 1.82) is 5.26 Å². The van der Waals surface area contributed by atoms with Crippen LogP contribution < -0.4 is 0 Å². The molecule has 0 saturated heterocycles. The minimum atomic E-state index is -0.100. The van der Waals surface area contributed by atoms with E-state index in [1.54, 1.807) is 48.5 Å². The lowest BCUT2D eigenvalue weighted by Gasteiger charge is -2.01. The van der Waals surface area contributed by atoms with Crippen LogP contribution in [0.25, 0.3) is 0 Å². The van der Waals surface area contributed by atoms with Crippen molar-refractivity contribution in [2.24, 2.45) is 0 Å². The molecular formula is C14H8ClNO. The quantitative estimate of drug-likeness (QED) is 0.756. The summed E-state index contributed by atoms with van der Waals surface area (Å²) in [4.78, 5) is 12.1. The molecule has 0 radical (unpaired) electrons. The highest BCUT2D eigenvalue weighted by molar-refractivity contribution is 6.31. The molecule has 82 valence electrons. The SMILES string of the molecule is N#Cc1ccc(C(=O)c2cccc(Cl)c2)cc1. The van der Waals surface area contributed by atoms with Gasteiger partial charge in [0.2, 0.25) is 0 Å². The number of carbonyl (C=O) groups excluding carboxylic acids is 1. The summed E-state index contributed by atoms with van der Waals surface area (Å²) in [6.45, 7) is 0. The maximum Gasteiger partial charge on any atom is 0.193 e. The second-order valence-corrected chi connectivity index (χ2v) is 3.97. The third-order valence-corrected chi connectivity index (χ3v) is 2.60. The Bertz CT molecular complexity index is 596. The van der Waals surface area contributed by atoms with Crippen LogP contribution in [0.2, 0.25) is 5.02 Å². The number of benzene rings is 2. The molecular weight excluding hydrogens is 234 g/mol. The van der Waals surface area contributed by atoms with Crippen LogP contribution in [0.3, 0.4) is 0 Å². The Balaban J connectivity index is 2.34. The largest absolute Gasteiger partial charge is 0.289 e. The van der Waals surface area contributed by atoms with E-state index in [9.17, 15) is 4.79 Å². The first-order chi connectivity index (χ1) is 8.20. The van der Waals surface area contributed by atoms with E-state index in [2.05, 4.69) is 0 Å². The molecule has 0 bridgehead atoms. The number of carbonyl (C=O) groups is 1. The Kier molecular flexibility index (Phi) is 3.22. The molecule has 0 aliphatic carbocycles. The van der Waals surface area contributed by atoms with Gasteiger partial charge in [0.1, 0.15) is 0 Å². The Morgan fingerprint density at radius 1 is 1.06 bits per heavy atom. The lowest BCUT2D eigenvalue weighted by atomic mass is 10.0. The average Bonchev–Trinajstić information content (AvgIpc) is 2.38. The van der Waals surface area contributed by atoms with Gasteiger partial charge < -0.3 is 0 Å². The van der Waals surface area contributed by atoms with E-state index in [4.69, 9.17) is 16.9 Å². The normalized spacial score (nSPS) is 9.65. The van der Waals surface area contributed by atoms with Crippen molar-refractivity contribution in [3.05, 3.63) is 70.2 Å². The maximum atomic E-state index is 12.1. The van der Waals surface area contributed by atoms with E-state index < -0.39 is 0 Å². The van der Waals surface area contributed by atoms with Gasteiger partial charge in [-0.15, -0.1) is 0 Å². The highest BCUT2D eigenvalue weighted by Gasteiger charge is 2.08. The molecule has 0 aliphatic rings. The average molecular weight is 242 g/mol. The number of ketones is 1. The summed E-state index contributed by atoms with van der Waals surface area (Å²) >= 11 is 5.83. The molecule has 17 heavy (non-hydrogen) atoms. The van der Waals surface area contributed by atoms with Crippen molar-refractivity contribution in [2.45, 2.75) is 0 Å². The Morgan fingerprint density at radius 2 is 1.76 bits per heavy atom. The number of hydrogen-bond donors (Lipinski definition) is 0. The van der Waals surface area contributed by atoms with Crippen LogP contribution in [0.1, 0.15) is 21.5 Å². The van der Waals surface area contributed by atoms with Gasteiger partial charge in [0.05, 0.1) is 11.6 Å². The van der Waals surface area contributed by atoms with E-state index in [1.165, 1.54) is 0 Å².